The number of aromatic hydroxyl groups is 2. The zero-order chi connectivity index (χ0) is 23.5. The molecule has 0 saturated carbocycles. The van der Waals surface area contributed by atoms with Gasteiger partial charge in [0.2, 0.25) is 0 Å². The molecule has 0 aliphatic heterocycles. The van der Waals surface area contributed by atoms with E-state index < -0.39 is 0 Å². The summed E-state index contributed by atoms with van der Waals surface area (Å²) in [6.45, 7) is 0. The summed E-state index contributed by atoms with van der Waals surface area (Å²) in [4.78, 5) is 17.2. The van der Waals surface area contributed by atoms with E-state index in [2.05, 4.69) is 15.4 Å². The number of nitrogens with one attached hydrogen (secondary N) is 1. The number of rotatable bonds is 5. The average molecular weight is 448 g/mol. The number of carbonyl (C=O) groups is 1. The molecule has 0 bridgehead atoms. The molecule has 0 atom stereocenters. The molecule has 1 aromatic heterocycles. The number of benzene rings is 4. The Balaban J connectivity index is 1.54. The Morgan fingerprint density at radius 3 is 1.94 bits per heavy atom. The Morgan fingerprint density at radius 1 is 0.706 bits per heavy atom. The zero-order valence-electron chi connectivity index (χ0n) is 18.0. The van der Waals surface area contributed by atoms with Gasteiger partial charge in [-0.15, -0.1) is 5.10 Å². The predicted molar refractivity (Wildman–Crippen MR) is 130 cm³/mol. The molecule has 0 unspecified atom stereocenters. The minimum Gasteiger partial charge on any atom is -0.507 e. The van der Waals surface area contributed by atoms with Gasteiger partial charge in [-0.05, 0) is 60.7 Å². The van der Waals surface area contributed by atoms with Crippen molar-refractivity contribution in [3.05, 3.63) is 109 Å². The molecule has 0 radical (unpaired) electrons. The lowest BCUT2D eigenvalue weighted by atomic mass is 10.1. The van der Waals surface area contributed by atoms with Crippen LogP contribution in [0.5, 0.6) is 11.5 Å². The van der Waals surface area contributed by atoms with Crippen molar-refractivity contribution in [1.82, 2.24) is 14.8 Å². The summed E-state index contributed by atoms with van der Waals surface area (Å²) >= 11 is 0. The molecule has 4 aromatic carbocycles. The molecule has 166 valence electrons. The van der Waals surface area contributed by atoms with Crippen molar-refractivity contribution in [3.8, 4) is 40.0 Å². The third-order valence-corrected chi connectivity index (χ3v) is 5.30. The Morgan fingerprint density at radius 2 is 1.29 bits per heavy atom. The zero-order valence-corrected chi connectivity index (χ0v) is 18.0. The molecule has 0 saturated heterocycles. The normalized spacial score (nSPS) is 10.7. The lowest BCUT2D eigenvalue weighted by Crippen LogP contribution is -2.12. The first-order valence-electron chi connectivity index (χ1n) is 10.6. The van der Waals surface area contributed by atoms with Gasteiger partial charge in [0.25, 0.3) is 5.91 Å². The quantitative estimate of drug-likeness (QED) is 0.340. The lowest BCUT2D eigenvalue weighted by molar-refractivity contribution is 0.102. The van der Waals surface area contributed by atoms with Gasteiger partial charge in [-0.1, -0.05) is 42.5 Å². The molecule has 34 heavy (non-hydrogen) atoms. The summed E-state index contributed by atoms with van der Waals surface area (Å²) < 4.78 is 1.58. The first-order chi connectivity index (χ1) is 16.6. The van der Waals surface area contributed by atoms with Crippen molar-refractivity contribution >= 4 is 11.6 Å². The van der Waals surface area contributed by atoms with Crippen LogP contribution >= 0.6 is 0 Å². The first-order valence-corrected chi connectivity index (χ1v) is 10.6. The molecule has 7 heteroatoms. The minimum absolute atomic E-state index is 0.0522. The summed E-state index contributed by atoms with van der Waals surface area (Å²) in [7, 11) is 0. The molecule has 3 N–H and O–H groups in total. The third kappa shape index (κ3) is 4.10. The third-order valence-electron chi connectivity index (χ3n) is 5.30. The van der Waals surface area contributed by atoms with Crippen molar-refractivity contribution in [2.24, 2.45) is 0 Å². The lowest BCUT2D eigenvalue weighted by Gasteiger charge is -2.09. The van der Waals surface area contributed by atoms with Crippen LogP contribution in [0.4, 0.5) is 5.69 Å². The highest BCUT2D eigenvalue weighted by Crippen LogP contribution is 2.33. The number of hydrogen-bond donors (Lipinski definition) is 3. The number of para-hydroxylation sites is 3. The van der Waals surface area contributed by atoms with Gasteiger partial charge >= 0.3 is 0 Å². The van der Waals surface area contributed by atoms with E-state index in [9.17, 15) is 15.0 Å². The van der Waals surface area contributed by atoms with Crippen LogP contribution < -0.4 is 5.32 Å². The highest BCUT2D eigenvalue weighted by atomic mass is 16.3. The van der Waals surface area contributed by atoms with E-state index in [1.165, 1.54) is 0 Å². The SMILES string of the molecule is O=C(Nc1ccccc1)c1ccc(-n2nc(-c3ccccc3O)nc2-c2ccccc2O)cc1. The van der Waals surface area contributed by atoms with Crippen molar-refractivity contribution in [2.75, 3.05) is 5.32 Å². The fourth-order valence-corrected chi connectivity index (χ4v) is 3.58. The summed E-state index contributed by atoms with van der Waals surface area (Å²) in [5.41, 5.74) is 2.79. The summed E-state index contributed by atoms with van der Waals surface area (Å²) in [5, 5.41) is 28.2. The van der Waals surface area contributed by atoms with E-state index in [1.54, 1.807) is 77.5 Å². The van der Waals surface area contributed by atoms with Gasteiger partial charge in [0, 0.05) is 11.3 Å². The Bertz CT molecular complexity index is 1460. The monoisotopic (exact) mass is 448 g/mol. The summed E-state index contributed by atoms with van der Waals surface area (Å²) in [5.74, 6) is 0.586. The standard InChI is InChI=1S/C27H20N4O3/c32-23-12-6-4-10-21(23)25-29-26(22-11-5-7-13-24(22)33)31(30-25)20-16-14-18(15-17-20)27(34)28-19-8-2-1-3-9-19/h1-17,32-33H,(H,28,34). The van der Waals surface area contributed by atoms with Gasteiger partial charge in [0.1, 0.15) is 11.5 Å². The molecule has 1 heterocycles. The number of phenolic OH excluding ortho intramolecular Hbond substituents is 2. The second-order valence-electron chi connectivity index (χ2n) is 7.57. The maximum Gasteiger partial charge on any atom is 0.255 e. The maximum atomic E-state index is 12.6. The Kier molecular flexibility index (Phi) is 5.50. The molecule has 0 spiro atoms. The average Bonchev–Trinajstić information content (AvgIpc) is 3.30. The highest BCUT2D eigenvalue weighted by molar-refractivity contribution is 6.04. The van der Waals surface area contributed by atoms with Crippen LogP contribution in [0.15, 0.2) is 103 Å². The van der Waals surface area contributed by atoms with Crippen LogP contribution in [0.1, 0.15) is 10.4 Å². The molecular weight excluding hydrogens is 428 g/mol. The van der Waals surface area contributed by atoms with E-state index >= 15 is 0 Å². The van der Waals surface area contributed by atoms with Gasteiger partial charge in [0.15, 0.2) is 11.6 Å². The fraction of sp³-hybridized carbons (Fsp3) is 0. The molecule has 0 fully saturated rings. The predicted octanol–water partition coefficient (Wildman–Crippen LogP) is 5.26. The Hall–Kier alpha value is -4.91. The maximum absolute atomic E-state index is 12.6. The van der Waals surface area contributed by atoms with Crippen molar-refractivity contribution in [2.45, 2.75) is 0 Å². The van der Waals surface area contributed by atoms with E-state index in [0.29, 0.717) is 39.7 Å². The van der Waals surface area contributed by atoms with Gasteiger partial charge in [-0.2, -0.15) is 0 Å². The number of hydrogen-bond acceptors (Lipinski definition) is 5. The molecule has 0 aliphatic rings. The smallest absolute Gasteiger partial charge is 0.255 e. The highest BCUT2D eigenvalue weighted by Gasteiger charge is 2.19. The van der Waals surface area contributed by atoms with Crippen molar-refractivity contribution in [1.29, 1.82) is 0 Å². The van der Waals surface area contributed by atoms with Gasteiger partial charge < -0.3 is 15.5 Å². The molecule has 5 aromatic rings. The number of carbonyl (C=O) groups excluding carboxylic acids is 1. The van der Waals surface area contributed by atoms with Crippen LogP contribution in [0.3, 0.4) is 0 Å². The van der Waals surface area contributed by atoms with Crippen LogP contribution in [-0.2, 0) is 0 Å². The molecule has 1 amide bonds. The van der Waals surface area contributed by atoms with Gasteiger partial charge in [-0.3, -0.25) is 4.79 Å². The Labute approximate surface area is 195 Å². The topological polar surface area (TPSA) is 100 Å². The van der Waals surface area contributed by atoms with Gasteiger partial charge in [0.05, 0.1) is 16.8 Å². The second kappa shape index (κ2) is 8.91. The van der Waals surface area contributed by atoms with E-state index in [0.717, 1.165) is 0 Å². The second-order valence-corrected chi connectivity index (χ2v) is 7.57. The van der Waals surface area contributed by atoms with Crippen molar-refractivity contribution in [3.63, 3.8) is 0 Å². The van der Waals surface area contributed by atoms with Crippen LogP contribution in [0, 0.1) is 0 Å². The summed E-state index contributed by atoms with van der Waals surface area (Å²) in [6, 6.07) is 29.8. The largest absolute Gasteiger partial charge is 0.507 e. The van der Waals surface area contributed by atoms with E-state index in [-0.39, 0.29) is 17.4 Å². The summed E-state index contributed by atoms with van der Waals surface area (Å²) in [6.07, 6.45) is 0. The number of phenols is 2. The number of amides is 1. The van der Waals surface area contributed by atoms with E-state index in [4.69, 9.17) is 0 Å². The molecule has 5 rings (SSSR count). The van der Waals surface area contributed by atoms with Crippen LogP contribution in [-0.4, -0.2) is 30.9 Å². The number of nitrogens with zero attached hydrogens (tertiary/aromatic N) is 3. The first kappa shape index (κ1) is 21.0. The number of aromatic nitrogens is 3. The van der Waals surface area contributed by atoms with Crippen LogP contribution in [0.2, 0.25) is 0 Å². The minimum atomic E-state index is -0.229. The molecule has 0 aliphatic carbocycles. The fourth-order valence-electron chi connectivity index (χ4n) is 3.58. The van der Waals surface area contributed by atoms with Crippen molar-refractivity contribution < 1.29 is 15.0 Å². The number of anilines is 1. The van der Waals surface area contributed by atoms with E-state index in [1.807, 2.05) is 30.3 Å². The van der Waals surface area contributed by atoms with Gasteiger partial charge in [-0.25, -0.2) is 9.67 Å². The van der Waals surface area contributed by atoms with Crippen LogP contribution in [0.25, 0.3) is 28.5 Å². The molecular formula is C27H20N4O3. The molecule has 7 nitrogen and oxygen atoms in total.